The number of carboxylic acids is 1. The maximum absolute atomic E-state index is 10.6. The van der Waals surface area contributed by atoms with Gasteiger partial charge < -0.3 is 9.90 Å². The molecule has 1 aromatic rings. The molecule has 0 saturated heterocycles. The zero-order valence-corrected chi connectivity index (χ0v) is 9.57. The predicted octanol–water partition coefficient (Wildman–Crippen LogP) is -0.207. The maximum Gasteiger partial charge on any atom is 1.00 e. The second kappa shape index (κ2) is 6.09. The third-order valence-electron chi connectivity index (χ3n) is 1.81. The van der Waals surface area contributed by atoms with Gasteiger partial charge in [0.2, 0.25) is 0 Å². The number of hydrogen-bond donors (Lipinski definition) is 0. The molecular formula is C8H5AgN2O6. The Morgan fingerprint density at radius 1 is 1.18 bits per heavy atom. The molecule has 8 nitrogen and oxygen atoms in total. The number of para-hydroxylation sites is 1. The van der Waals surface area contributed by atoms with Crippen LogP contribution in [-0.4, -0.2) is 15.8 Å². The van der Waals surface area contributed by atoms with E-state index in [1.165, 1.54) is 6.07 Å². The van der Waals surface area contributed by atoms with E-state index in [9.17, 15) is 30.1 Å². The zero-order chi connectivity index (χ0) is 12.3. The van der Waals surface area contributed by atoms with Crippen molar-refractivity contribution in [3.63, 3.8) is 0 Å². The largest absolute Gasteiger partial charge is 1.00 e. The fourth-order valence-electron chi connectivity index (χ4n) is 1.23. The average Bonchev–Trinajstić information content (AvgIpc) is 2.15. The molecule has 0 aliphatic heterocycles. The number of nitro benzene ring substituents is 2. The van der Waals surface area contributed by atoms with Crippen LogP contribution in [0.1, 0.15) is 5.56 Å². The second-order valence-electron chi connectivity index (χ2n) is 2.85. The number of aliphatic carboxylic acids is 1. The van der Waals surface area contributed by atoms with Gasteiger partial charge in [0.25, 0.3) is 0 Å². The quantitative estimate of drug-likeness (QED) is 0.426. The molecule has 0 saturated carbocycles. The zero-order valence-electron chi connectivity index (χ0n) is 8.08. The molecule has 0 fully saturated rings. The molecule has 0 atom stereocenters. The molecule has 0 aromatic heterocycles. The number of hydrogen-bond acceptors (Lipinski definition) is 6. The summed E-state index contributed by atoms with van der Waals surface area (Å²) in [5.74, 6) is -1.54. The Morgan fingerprint density at radius 3 is 2.18 bits per heavy atom. The van der Waals surface area contributed by atoms with Crippen LogP contribution in [0.5, 0.6) is 0 Å². The SMILES string of the molecule is O=C([O-])Cc1cccc([N+](=O)[O-])c1[N+](=O)[O-].[Ag+]. The van der Waals surface area contributed by atoms with E-state index in [-0.39, 0.29) is 27.9 Å². The summed E-state index contributed by atoms with van der Waals surface area (Å²) in [6, 6.07) is 3.27. The van der Waals surface area contributed by atoms with Crippen LogP contribution in [0.15, 0.2) is 18.2 Å². The van der Waals surface area contributed by atoms with E-state index in [1.807, 2.05) is 0 Å². The fraction of sp³-hybridized carbons (Fsp3) is 0.125. The van der Waals surface area contributed by atoms with Gasteiger partial charge in [-0.25, -0.2) is 0 Å². The minimum absolute atomic E-state index is 0. The topological polar surface area (TPSA) is 126 Å². The molecule has 0 aliphatic carbocycles. The summed E-state index contributed by atoms with van der Waals surface area (Å²) in [7, 11) is 0. The maximum atomic E-state index is 10.6. The van der Waals surface area contributed by atoms with E-state index in [1.54, 1.807) is 0 Å². The van der Waals surface area contributed by atoms with Gasteiger partial charge in [0.15, 0.2) is 0 Å². The Morgan fingerprint density at radius 2 is 1.76 bits per heavy atom. The Balaban J connectivity index is 0.00000256. The van der Waals surface area contributed by atoms with E-state index in [2.05, 4.69) is 0 Å². The van der Waals surface area contributed by atoms with Crippen molar-refractivity contribution in [2.45, 2.75) is 6.42 Å². The molecule has 0 spiro atoms. The van der Waals surface area contributed by atoms with Gasteiger partial charge in [0.1, 0.15) is 0 Å². The van der Waals surface area contributed by atoms with Crippen LogP contribution in [0, 0.1) is 20.2 Å². The summed E-state index contributed by atoms with van der Waals surface area (Å²) in [4.78, 5) is 29.5. The molecular weight excluding hydrogens is 328 g/mol. The molecule has 0 unspecified atom stereocenters. The van der Waals surface area contributed by atoms with Crippen LogP contribution >= 0.6 is 0 Å². The smallest absolute Gasteiger partial charge is 0.550 e. The standard InChI is InChI=1S/C8H6N2O6.Ag/c11-7(12)4-5-2-1-3-6(9(13)14)8(5)10(15)16;/h1-3H,4H2,(H,11,12);/q;+1/p-1. The van der Waals surface area contributed by atoms with Gasteiger partial charge in [-0.2, -0.15) is 0 Å². The molecule has 9 heteroatoms. The predicted molar refractivity (Wildman–Crippen MR) is 48.5 cm³/mol. The van der Waals surface area contributed by atoms with E-state index in [0.717, 1.165) is 12.1 Å². The third kappa shape index (κ3) is 3.63. The van der Waals surface area contributed by atoms with Crippen molar-refractivity contribution in [2.24, 2.45) is 0 Å². The summed E-state index contributed by atoms with van der Waals surface area (Å²) in [6.07, 6.45) is -0.738. The Bertz CT molecular complexity index is 475. The van der Waals surface area contributed by atoms with Crippen molar-refractivity contribution in [3.8, 4) is 0 Å². The summed E-state index contributed by atoms with van der Waals surface area (Å²) in [5, 5.41) is 31.4. The molecule has 0 heterocycles. The summed E-state index contributed by atoms with van der Waals surface area (Å²) < 4.78 is 0. The molecule has 0 amide bonds. The average molecular weight is 333 g/mol. The van der Waals surface area contributed by atoms with Crippen molar-refractivity contribution in [2.75, 3.05) is 0 Å². The van der Waals surface area contributed by atoms with Crippen molar-refractivity contribution in [1.29, 1.82) is 0 Å². The fourth-order valence-corrected chi connectivity index (χ4v) is 1.23. The molecule has 94 valence electrons. The van der Waals surface area contributed by atoms with Crippen molar-refractivity contribution in [3.05, 3.63) is 44.0 Å². The first kappa shape index (κ1) is 15.2. The van der Waals surface area contributed by atoms with Gasteiger partial charge in [-0.3, -0.25) is 20.2 Å². The molecule has 0 aliphatic rings. The first-order valence-corrected chi connectivity index (χ1v) is 4.04. The van der Waals surface area contributed by atoms with E-state index in [0.29, 0.717) is 0 Å². The number of rotatable bonds is 4. The third-order valence-corrected chi connectivity index (χ3v) is 1.81. The summed E-state index contributed by atoms with van der Waals surface area (Å²) in [5.41, 5.74) is -1.79. The first-order chi connectivity index (χ1) is 7.43. The van der Waals surface area contributed by atoms with Crippen molar-refractivity contribution < 1.29 is 42.1 Å². The van der Waals surface area contributed by atoms with Crippen molar-refractivity contribution >= 4 is 17.3 Å². The monoisotopic (exact) mass is 332 g/mol. The minimum Gasteiger partial charge on any atom is -0.550 e. The normalized spacial score (nSPS) is 9.18. The number of carboxylic acid groups (broad SMARTS) is 1. The molecule has 17 heavy (non-hydrogen) atoms. The number of benzene rings is 1. The Kier molecular flexibility index (Phi) is 5.45. The van der Waals surface area contributed by atoms with Gasteiger partial charge in [0, 0.05) is 24.0 Å². The van der Waals surface area contributed by atoms with E-state index in [4.69, 9.17) is 0 Å². The second-order valence-corrected chi connectivity index (χ2v) is 2.85. The van der Waals surface area contributed by atoms with Gasteiger partial charge in [0.05, 0.1) is 9.85 Å². The molecule has 0 N–H and O–H groups in total. The van der Waals surface area contributed by atoms with Gasteiger partial charge in [-0.15, -0.1) is 0 Å². The van der Waals surface area contributed by atoms with E-state index >= 15 is 0 Å². The number of nitro groups is 2. The van der Waals surface area contributed by atoms with Crippen LogP contribution in [-0.2, 0) is 33.6 Å². The molecule has 0 bridgehead atoms. The molecule has 1 rings (SSSR count). The number of nitrogens with zero attached hydrogens (tertiary/aromatic N) is 2. The van der Waals surface area contributed by atoms with Crippen LogP contribution in [0.25, 0.3) is 0 Å². The van der Waals surface area contributed by atoms with Crippen molar-refractivity contribution in [1.82, 2.24) is 0 Å². The Labute approximate surface area is 110 Å². The van der Waals surface area contributed by atoms with Crippen LogP contribution in [0.4, 0.5) is 11.4 Å². The summed E-state index contributed by atoms with van der Waals surface area (Å²) >= 11 is 0. The summed E-state index contributed by atoms with van der Waals surface area (Å²) in [6.45, 7) is 0. The Hall–Kier alpha value is -1.77. The van der Waals surface area contributed by atoms with Gasteiger partial charge in [-0.05, 0) is 0 Å². The number of carbonyl (C=O) groups is 1. The molecule has 1 aromatic carbocycles. The first-order valence-electron chi connectivity index (χ1n) is 4.04. The minimum atomic E-state index is -1.54. The van der Waals surface area contributed by atoms with E-state index < -0.39 is 33.6 Å². The van der Waals surface area contributed by atoms with Gasteiger partial charge in [-0.1, -0.05) is 12.1 Å². The van der Waals surface area contributed by atoms with Crippen LogP contribution < -0.4 is 5.11 Å². The van der Waals surface area contributed by atoms with Crippen LogP contribution in [0.3, 0.4) is 0 Å². The van der Waals surface area contributed by atoms with Gasteiger partial charge >= 0.3 is 33.8 Å². The molecule has 0 radical (unpaired) electrons. The van der Waals surface area contributed by atoms with Crippen LogP contribution in [0.2, 0.25) is 0 Å². The number of carbonyl (C=O) groups excluding carboxylic acids is 1.